The Kier molecular flexibility index (Phi) is 6.86. The number of rotatable bonds is 8. The van der Waals surface area contributed by atoms with Crippen LogP contribution in [0.3, 0.4) is 0 Å². The topological polar surface area (TPSA) is 80.2 Å². The van der Waals surface area contributed by atoms with E-state index in [2.05, 4.69) is 26.5 Å². The highest BCUT2D eigenvalue weighted by Gasteiger charge is 2.06. The van der Waals surface area contributed by atoms with Gasteiger partial charge in [0.15, 0.2) is 11.5 Å². The molecule has 2 N–H and O–H groups in total. The lowest BCUT2D eigenvalue weighted by Crippen LogP contribution is -1.99. The summed E-state index contributed by atoms with van der Waals surface area (Å²) in [6.07, 6.45) is 1.62. The van der Waals surface area contributed by atoms with Crippen LogP contribution in [0.5, 0.6) is 11.5 Å². The van der Waals surface area contributed by atoms with Crippen molar-refractivity contribution in [2.45, 2.75) is 6.61 Å². The average Bonchev–Trinajstić information content (AvgIpc) is 2.74. The summed E-state index contributed by atoms with van der Waals surface area (Å²) in [5.41, 5.74) is 5.46. The maximum Gasteiger partial charge on any atom is 0.335 e. The molecule has 29 heavy (non-hydrogen) atoms. The van der Waals surface area contributed by atoms with Gasteiger partial charge in [-0.05, 0) is 59.7 Å². The molecule has 0 aliphatic heterocycles. The third kappa shape index (κ3) is 5.83. The van der Waals surface area contributed by atoms with Crippen molar-refractivity contribution in [3.63, 3.8) is 0 Å². The van der Waals surface area contributed by atoms with Gasteiger partial charge in [0.05, 0.1) is 24.6 Å². The van der Waals surface area contributed by atoms with E-state index in [1.807, 2.05) is 42.5 Å². The molecule has 0 radical (unpaired) electrons. The first-order chi connectivity index (χ1) is 14.0. The zero-order valence-electron chi connectivity index (χ0n) is 15.6. The Hall–Kier alpha value is -3.32. The summed E-state index contributed by atoms with van der Waals surface area (Å²) >= 11 is 3.41. The second-order valence-corrected chi connectivity index (χ2v) is 7.00. The van der Waals surface area contributed by atoms with Crippen LogP contribution >= 0.6 is 15.9 Å². The third-order valence-corrected chi connectivity index (χ3v) is 4.54. The number of halogens is 1. The van der Waals surface area contributed by atoms with Gasteiger partial charge in [0, 0.05) is 4.47 Å². The van der Waals surface area contributed by atoms with Gasteiger partial charge in [-0.25, -0.2) is 4.79 Å². The second-order valence-electron chi connectivity index (χ2n) is 6.08. The summed E-state index contributed by atoms with van der Waals surface area (Å²) in [6.45, 7) is 0.429. The van der Waals surface area contributed by atoms with Crippen molar-refractivity contribution in [3.05, 3.63) is 87.9 Å². The van der Waals surface area contributed by atoms with Crippen LogP contribution in [0.2, 0.25) is 0 Å². The van der Waals surface area contributed by atoms with Crippen molar-refractivity contribution < 1.29 is 19.4 Å². The molecule has 0 spiro atoms. The summed E-state index contributed by atoms with van der Waals surface area (Å²) in [7, 11) is 1.58. The van der Waals surface area contributed by atoms with E-state index in [-0.39, 0.29) is 5.56 Å². The third-order valence-electron chi connectivity index (χ3n) is 4.01. The van der Waals surface area contributed by atoms with E-state index in [1.165, 1.54) is 12.1 Å². The van der Waals surface area contributed by atoms with Crippen molar-refractivity contribution in [1.29, 1.82) is 0 Å². The number of ether oxygens (including phenoxy) is 2. The zero-order chi connectivity index (χ0) is 20.6. The van der Waals surface area contributed by atoms with Gasteiger partial charge in [0.2, 0.25) is 0 Å². The molecule has 0 aliphatic carbocycles. The molecule has 0 aliphatic rings. The minimum atomic E-state index is -0.985. The van der Waals surface area contributed by atoms with Crippen LogP contribution in [0.4, 0.5) is 5.69 Å². The van der Waals surface area contributed by atoms with E-state index in [4.69, 9.17) is 14.6 Å². The molecule has 0 saturated carbocycles. The first-order valence-electron chi connectivity index (χ1n) is 8.73. The van der Waals surface area contributed by atoms with Crippen molar-refractivity contribution in [2.24, 2.45) is 5.10 Å². The Morgan fingerprint density at radius 2 is 1.90 bits per heavy atom. The van der Waals surface area contributed by atoms with Gasteiger partial charge in [0.1, 0.15) is 6.61 Å². The molecule has 0 amide bonds. The predicted octanol–water partition coefficient (Wildman–Crippen LogP) is 5.18. The van der Waals surface area contributed by atoms with Gasteiger partial charge in [-0.1, -0.05) is 34.1 Å². The van der Waals surface area contributed by atoms with E-state index in [1.54, 1.807) is 25.5 Å². The normalized spacial score (nSPS) is 10.7. The molecule has 3 rings (SSSR count). The molecule has 0 unspecified atom stereocenters. The quantitative estimate of drug-likeness (QED) is 0.362. The zero-order valence-corrected chi connectivity index (χ0v) is 17.2. The molecule has 0 fully saturated rings. The number of hydrogen-bond donors (Lipinski definition) is 2. The van der Waals surface area contributed by atoms with Gasteiger partial charge < -0.3 is 14.6 Å². The monoisotopic (exact) mass is 454 g/mol. The number of benzene rings is 3. The van der Waals surface area contributed by atoms with Gasteiger partial charge >= 0.3 is 5.97 Å². The van der Waals surface area contributed by atoms with E-state index >= 15 is 0 Å². The number of carbonyl (C=O) groups is 1. The molecule has 148 valence electrons. The van der Waals surface area contributed by atoms with Crippen LogP contribution in [0.15, 0.2) is 76.3 Å². The van der Waals surface area contributed by atoms with Crippen LogP contribution in [0, 0.1) is 0 Å². The Morgan fingerprint density at radius 1 is 1.10 bits per heavy atom. The molecule has 3 aromatic rings. The van der Waals surface area contributed by atoms with Crippen LogP contribution in [-0.4, -0.2) is 24.4 Å². The standard InChI is InChI=1S/C22H19BrN2O4/c1-28-21-11-16(13-24-25-19-4-2-3-17(12-19)22(26)27)7-10-20(21)29-14-15-5-8-18(23)9-6-15/h2-13,25H,14H2,1H3,(H,26,27)/b24-13+. The van der Waals surface area contributed by atoms with Crippen molar-refractivity contribution in [3.8, 4) is 11.5 Å². The maximum atomic E-state index is 11.0. The maximum absolute atomic E-state index is 11.0. The van der Waals surface area contributed by atoms with E-state index in [0.717, 1.165) is 15.6 Å². The van der Waals surface area contributed by atoms with Crippen molar-refractivity contribution in [2.75, 3.05) is 12.5 Å². The predicted molar refractivity (Wildman–Crippen MR) is 116 cm³/mol. The smallest absolute Gasteiger partial charge is 0.335 e. The number of nitrogens with one attached hydrogen (secondary N) is 1. The van der Waals surface area contributed by atoms with Crippen molar-refractivity contribution in [1.82, 2.24) is 0 Å². The second kappa shape index (κ2) is 9.75. The number of hydrazone groups is 1. The number of hydrogen-bond acceptors (Lipinski definition) is 5. The minimum Gasteiger partial charge on any atom is -0.493 e. The van der Waals surface area contributed by atoms with Gasteiger partial charge in [0.25, 0.3) is 0 Å². The highest BCUT2D eigenvalue weighted by Crippen LogP contribution is 2.28. The Balaban J connectivity index is 1.64. The summed E-state index contributed by atoms with van der Waals surface area (Å²) in [5, 5.41) is 13.2. The molecule has 6 nitrogen and oxygen atoms in total. The van der Waals surface area contributed by atoms with Crippen LogP contribution in [-0.2, 0) is 6.61 Å². The van der Waals surface area contributed by atoms with E-state index < -0.39 is 5.97 Å². The molecular weight excluding hydrogens is 436 g/mol. The molecule has 7 heteroatoms. The molecule has 0 heterocycles. The fourth-order valence-electron chi connectivity index (χ4n) is 2.53. The lowest BCUT2D eigenvalue weighted by molar-refractivity contribution is 0.0697. The number of carboxylic acids is 1. The van der Waals surface area contributed by atoms with E-state index in [9.17, 15) is 4.79 Å². The largest absolute Gasteiger partial charge is 0.493 e. The Labute approximate surface area is 176 Å². The SMILES string of the molecule is COc1cc(/C=N/Nc2cccc(C(=O)O)c2)ccc1OCc1ccc(Br)cc1. The van der Waals surface area contributed by atoms with Gasteiger partial charge in [-0.15, -0.1) is 0 Å². The summed E-state index contributed by atoms with van der Waals surface area (Å²) in [5.74, 6) is 0.245. The van der Waals surface area contributed by atoms with E-state index in [0.29, 0.717) is 23.8 Å². The van der Waals surface area contributed by atoms with Crippen LogP contribution in [0.25, 0.3) is 0 Å². The molecular formula is C22H19BrN2O4. The molecule has 3 aromatic carbocycles. The summed E-state index contributed by atoms with van der Waals surface area (Å²) in [6, 6.07) is 19.8. The summed E-state index contributed by atoms with van der Waals surface area (Å²) < 4.78 is 12.3. The Morgan fingerprint density at radius 3 is 2.62 bits per heavy atom. The fourth-order valence-corrected chi connectivity index (χ4v) is 2.79. The highest BCUT2D eigenvalue weighted by atomic mass is 79.9. The number of methoxy groups -OCH3 is 1. The lowest BCUT2D eigenvalue weighted by atomic mass is 10.2. The summed E-state index contributed by atoms with van der Waals surface area (Å²) in [4.78, 5) is 11.0. The fraction of sp³-hybridized carbons (Fsp3) is 0.0909. The molecule has 0 saturated heterocycles. The number of aromatic carboxylic acids is 1. The van der Waals surface area contributed by atoms with Gasteiger partial charge in [-0.3, -0.25) is 5.43 Å². The molecule has 0 atom stereocenters. The average molecular weight is 455 g/mol. The first-order valence-corrected chi connectivity index (χ1v) is 9.52. The first kappa shape index (κ1) is 20.4. The lowest BCUT2D eigenvalue weighted by Gasteiger charge is -2.11. The number of anilines is 1. The minimum absolute atomic E-state index is 0.194. The number of nitrogens with zero attached hydrogens (tertiary/aromatic N) is 1. The van der Waals surface area contributed by atoms with Crippen LogP contribution < -0.4 is 14.9 Å². The molecule has 0 bridgehead atoms. The van der Waals surface area contributed by atoms with Crippen molar-refractivity contribution >= 4 is 33.8 Å². The van der Waals surface area contributed by atoms with Crippen LogP contribution in [0.1, 0.15) is 21.5 Å². The number of carboxylic acid groups (broad SMARTS) is 1. The highest BCUT2D eigenvalue weighted by molar-refractivity contribution is 9.10. The van der Waals surface area contributed by atoms with Gasteiger partial charge in [-0.2, -0.15) is 5.10 Å². The Bertz CT molecular complexity index is 1020. The molecule has 0 aromatic heterocycles.